The number of methoxy groups -OCH3 is 1. The number of nitrogens with one attached hydrogen (secondary N) is 1. The fraction of sp³-hybridized carbons (Fsp3) is 0.353. The van der Waals surface area contributed by atoms with Gasteiger partial charge in [0.05, 0.1) is 30.2 Å². The zero-order valence-corrected chi connectivity index (χ0v) is 15.5. The van der Waals surface area contributed by atoms with Gasteiger partial charge in [0.15, 0.2) is 0 Å². The molecule has 8 heteroatoms. The number of carbonyl (C=O) groups is 1. The van der Waals surface area contributed by atoms with Crippen LogP contribution in [-0.2, 0) is 4.74 Å². The van der Waals surface area contributed by atoms with Crippen LogP contribution in [0.5, 0.6) is 0 Å². The van der Waals surface area contributed by atoms with E-state index in [9.17, 15) is 9.59 Å². The molecule has 1 aromatic carbocycles. The van der Waals surface area contributed by atoms with E-state index in [0.717, 1.165) is 24.1 Å². The molecule has 0 unspecified atom stereocenters. The number of benzene rings is 1. The van der Waals surface area contributed by atoms with E-state index in [0.29, 0.717) is 11.4 Å². The monoisotopic (exact) mass is 379 g/mol. The minimum absolute atomic E-state index is 0.0478. The maximum Gasteiger partial charge on any atom is 0.340 e. The Morgan fingerprint density at radius 2 is 2.16 bits per heavy atom. The lowest BCUT2D eigenvalue weighted by Crippen LogP contribution is -2.26. The molecule has 25 heavy (non-hydrogen) atoms. The van der Waals surface area contributed by atoms with Crippen LogP contribution in [0.1, 0.15) is 23.2 Å². The van der Waals surface area contributed by atoms with Crippen LogP contribution in [0, 0.1) is 0 Å². The number of aromatic nitrogens is 2. The summed E-state index contributed by atoms with van der Waals surface area (Å²) in [7, 11) is 1.29. The van der Waals surface area contributed by atoms with Crippen LogP contribution >= 0.6 is 23.4 Å². The van der Waals surface area contributed by atoms with E-state index in [1.807, 2.05) is 11.8 Å². The van der Waals surface area contributed by atoms with Crippen molar-refractivity contribution in [2.45, 2.75) is 17.6 Å². The molecule has 132 valence electrons. The summed E-state index contributed by atoms with van der Waals surface area (Å²) in [4.78, 5) is 24.5. The summed E-state index contributed by atoms with van der Waals surface area (Å²) >= 11 is 8.06. The Bertz CT molecular complexity index is 864. The molecule has 0 aliphatic heterocycles. The molecule has 1 aromatic heterocycles. The minimum atomic E-state index is -0.543. The summed E-state index contributed by atoms with van der Waals surface area (Å²) in [5.41, 5.74) is 0.585. The number of carbonyl (C=O) groups excluding carboxylic acids is 1. The molecule has 1 heterocycles. The summed E-state index contributed by atoms with van der Waals surface area (Å²) in [5, 5.41) is 7.44. The highest BCUT2D eigenvalue weighted by atomic mass is 35.5. The molecule has 0 spiro atoms. The average molecular weight is 380 g/mol. The molecule has 0 bridgehead atoms. The predicted molar refractivity (Wildman–Crippen MR) is 100 cm³/mol. The average Bonchev–Trinajstić information content (AvgIpc) is 3.43. The van der Waals surface area contributed by atoms with Crippen LogP contribution in [-0.4, -0.2) is 40.4 Å². The number of thioether (sulfide) groups is 1. The van der Waals surface area contributed by atoms with Crippen molar-refractivity contribution >= 4 is 35.0 Å². The van der Waals surface area contributed by atoms with Crippen molar-refractivity contribution in [3.63, 3.8) is 0 Å². The van der Waals surface area contributed by atoms with Gasteiger partial charge in [0.25, 0.3) is 5.56 Å². The molecule has 2 aromatic rings. The second kappa shape index (κ2) is 7.09. The van der Waals surface area contributed by atoms with E-state index in [-0.39, 0.29) is 15.3 Å². The lowest BCUT2D eigenvalue weighted by atomic mass is 10.2. The summed E-state index contributed by atoms with van der Waals surface area (Å²) in [6.07, 6.45) is 5.88. The number of hydrogen-bond acceptors (Lipinski definition) is 6. The number of rotatable bonds is 6. The van der Waals surface area contributed by atoms with Gasteiger partial charge in [-0.1, -0.05) is 23.7 Å². The van der Waals surface area contributed by atoms with Gasteiger partial charge < -0.3 is 10.1 Å². The highest BCUT2D eigenvalue weighted by Gasteiger charge is 2.41. The second-order valence-corrected chi connectivity index (χ2v) is 7.49. The summed E-state index contributed by atoms with van der Waals surface area (Å²) in [6, 6.07) is 6.60. The normalized spacial score (nSPS) is 14.8. The van der Waals surface area contributed by atoms with Gasteiger partial charge in [-0.25, -0.2) is 4.79 Å². The van der Waals surface area contributed by atoms with Crippen LogP contribution < -0.4 is 10.9 Å². The Balaban J connectivity index is 1.94. The van der Waals surface area contributed by atoms with E-state index in [1.165, 1.54) is 13.3 Å². The molecule has 1 N–H and O–H groups in total. The molecular weight excluding hydrogens is 362 g/mol. The van der Waals surface area contributed by atoms with Gasteiger partial charge >= 0.3 is 5.97 Å². The molecule has 6 nitrogen and oxygen atoms in total. The summed E-state index contributed by atoms with van der Waals surface area (Å²) < 4.78 is 6.10. The number of para-hydroxylation sites is 1. The van der Waals surface area contributed by atoms with Crippen molar-refractivity contribution in [1.29, 1.82) is 0 Å². The smallest absolute Gasteiger partial charge is 0.340 e. The SMILES string of the molecule is COC(=O)c1ccccc1-n1ncc(NCC2(SC)CC2)c(Cl)c1=O. The third-order valence-electron chi connectivity index (χ3n) is 4.30. The number of esters is 1. The van der Waals surface area contributed by atoms with Gasteiger partial charge in [-0.2, -0.15) is 21.5 Å². The highest BCUT2D eigenvalue weighted by Crippen LogP contribution is 2.47. The van der Waals surface area contributed by atoms with Crippen LogP contribution in [0.25, 0.3) is 5.69 Å². The van der Waals surface area contributed by atoms with Crippen molar-refractivity contribution in [1.82, 2.24) is 9.78 Å². The van der Waals surface area contributed by atoms with Crippen molar-refractivity contribution < 1.29 is 9.53 Å². The Hall–Kier alpha value is -1.99. The molecular formula is C17H18ClN3O3S. The Kier molecular flexibility index (Phi) is 5.06. The number of halogens is 1. The highest BCUT2D eigenvalue weighted by molar-refractivity contribution is 8.00. The fourth-order valence-electron chi connectivity index (χ4n) is 2.52. The van der Waals surface area contributed by atoms with Crippen molar-refractivity contribution in [2.75, 3.05) is 25.2 Å². The van der Waals surface area contributed by atoms with Crippen molar-refractivity contribution in [2.24, 2.45) is 0 Å². The summed E-state index contributed by atoms with van der Waals surface area (Å²) in [5.74, 6) is -0.543. The molecule has 0 radical (unpaired) electrons. The molecule has 3 rings (SSSR count). The molecule has 0 amide bonds. The van der Waals surface area contributed by atoms with E-state index in [2.05, 4.69) is 16.7 Å². The lowest BCUT2D eigenvalue weighted by Gasteiger charge is -2.16. The van der Waals surface area contributed by atoms with Gasteiger partial charge in [0.1, 0.15) is 5.02 Å². The van der Waals surface area contributed by atoms with Gasteiger partial charge in [0, 0.05) is 11.3 Å². The topological polar surface area (TPSA) is 73.2 Å². The first-order valence-corrected chi connectivity index (χ1v) is 9.36. The predicted octanol–water partition coefficient (Wildman–Crippen LogP) is 2.98. The lowest BCUT2D eigenvalue weighted by molar-refractivity contribution is 0.0600. The van der Waals surface area contributed by atoms with Gasteiger partial charge in [0.2, 0.25) is 0 Å². The zero-order valence-electron chi connectivity index (χ0n) is 13.9. The largest absolute Gasteiger partial charge is 0.465 e. The Labute approximate surface area is 154 Å². The molecule has 1 aliphatic carbocycles. The van der Waals surface area contributed by atoms with E-state index in [1.54, 1.807) is 24.3 Å². The quantitative estimate of drug-likeness (QED) is 0.778. The van der Waals surface area contributed by atoms with Crippen LogP contribution in [0.4, 0.5) is 5.69 Å². The first kappa shape index (κ1) is 17.8. The van der Waals surface area contributed by atoms with Crippen LogP contribution in [0.15, 0.2) is 35.3 Å². The first-order chi connectivity index (χ1) is 12.0. The maximum absolute atomic E-state index is 12.6. The van der Waals surface area contributed by atoms with Crippen LogP contribution in [0.2, 0.25) is 5.02 Å². The summed E-state index contributed by atoms with van der Waals surface area (Å²) in [6.45, 7) is 0.734. The zero-order chi connectivity index (χ0) is 18.0. The molecule has 1 aliphatic rings. The molecule has 1 saturated carbocycles. The third-order valence-corrected chi connectivity index (χ3v) is 6.08. The van der Waals surface area contributed by atoms with E-state index >= 15 is 0 Å². The van der Waals surface area contributed by atoms with E-state index in [4.69, 9.17) is 16.3 Å². The first-order valence-electron chi connectivity index (χ1n) is 7.76. The van der Waals surface area contributed by atoms with Crippen molar-refractivity contribution in [3.05, 3.63) is 51.4 Å². The van der Waals surface area contributed by atoms with Crippen LogP contribution in [0.3, 0.4) is 0 Å². The van der Waals surface area contributed by atoms with Gasteiger partial charge in [-0.05, 0) is 31.2 Å². The number of anilines is 1. The minimum Gasteiger partial charge on any atom is -0.465 e. The third kappa shape index (κ3) is 3.52. The number of ether oxygens (including phenoxy) is 1. The number of hydrogen-bond donors (Lipinski definition) is 1. The van der Waals surface area contributed by atoms with Gasteiger partial charge in [-0.3, -0.25) is 4.79 Å². The van der Waals surface area contributed by atoms with Crippen molar-refractivity contribution in [3.8, 4) is 5.69 Å². The Morgan fingerprint density at radius 1 is 1.44 bits per heavy atom. The number of nitrogens with zero attached hydrogens (tertiary/aromatic N) is 2. The standard InChI is InChI=1S/C17H18ClN3O3S/c1-24-16(23)11-5-3-4-6-13(11)21-15(22)14(18)12(9-20-21)19-10-17(25-2)7-8-17/h3-6,9,19H,7-8,10H2,1-2H3. The Morgan fingerprint density at radius 3 is 2.80 bits per heavy atom. The van der Waals surface area contributed by atoms with E-state index < -0.39 is 11.5 Å². The fourth-order valence-corrected chi connectivity index (χ4v) is 3.44. The van der Waals surface area contributed by atoms with Gasteiger partial charge in [-0.15, -0.1) is 0 Å². The molecule has 1 fully saturated rings. The second-order valence-electron chi connectivity index (χ2n) is 5.84. The maximum atomic E-state index is 12.6. The molecule has 0 saturated heterocycles. The molecule has 0 atom stereocenters.